The molecule has 5 heteroatoms. The van der Waals surface area contributed by atoms with Gasteiger partial charge in [0.05, 0.1) is 0 Å². The number of ether oxygens (including phenoxy) is 2. The number of fused-ring (bicyclic) bond motifs is 3. The van der Waals surface area contributed by atoms with E-state index in [1.807, 2.05) is 17.0 Å². The van der Waals surface area contributed by atoms with Gasteiger partial charge < -0.3 is 19.4 Å². The van der Waals surface area contributed by atoms with Crippen LogP contribution in [0.15, 0.2) is 66.9 Å². The van der Waals surface area contributed by atoms with E-state index < -0.39 is 0 Å². The zero-order chi connectivity index (χ0) is 23.1. The van der Waals surface area contributed by atoms with Crippen molar-refractivity contribution in [2.75, 3.05) is 13.3 Å². The molecule has 2 aliphatic rings. The van der Waals surface area contributed by atoms with Crippen LogP contribution in [0.1, 0.15) is 47.1 Å². The Balaban J connectivity index is 1.39. The van der Waals surface area contributed by atoms with Crippen molar-refractivity contribution in [3.05, 3.63) is 94.7 Å². The summed E-state index contributed by atoms with van der Waals surface area (Å²) in [7, 11) is 0. The molecule has 34 heavy (non-hydrogen) atoms. The molecule has 3 heterocycles. The molecule has 2 aliphatic heterocycles. The molecule has 172 valence electrons. The molecule has 4 aromatic rings. The molecular weight excluding hydrogens is 424 g/mol. The summed E-state index contributed by atoms with van der Waals surface area (Å²) in [6, 6.07) is 20.8. The molecule has 1 aromatic heterocycles. The number of nitrogens with zero attached hydrogens (tertiary/aromatic N) is 1. The Morgan fingerprint density at radius 2 is 1.85 bits per heavy atom. The second-order valence-electron chi connectivity index (χ2n) is 9.11. The van der Waals surface area contributed by atoms with Gasteiger partial charge in [0.1, 0.15) is 0 Å². The summed E-state index contributed by atoms with van der Waals surface area (Å²) >= 11 is 0. The van der Waals surface area contributed by atoms with Gasteiger partial charge in [0, 0.05) is 48.1 Å². The highest BCUT2D eigenvalue weighted by atomic mass is 16.7. The first-order chi connectivity index (χ1) is 16.7. The fourth-order valence-corrected chi connectivity index (χ4v) is 5.45. The maximum absolute atomic E-state index is 13.7. The molecule has 6 rings (SSSR count). The van der Waals surface area contributed by atoms with Gasteiger partial charge >= 0.3 is 0 Å². The van der Waals surface area contributed by atoms with E-state index in [4.69, 9.17) is 9.47 Å². The first-order valence-electron chi connectivity index (χ1n) is 12.0. The number of carbonyl (C=O) groups excluding carboxylic acids is 1. The van der Waals surface area contributed by atoms with E-state index in [0.29, 0.717) is 13.0 Å². The fourth-order valence-electron chi connectivity index (χ4n) is 5.45. The van der Waals surface area contributed by atoms with Gasteiger partial charge in [-0.05, 0) is 41.2 Å². The lowest BCUT2D eigenvalue weighted by Crippen LogP contribution is -2.36. The number of aromatic nitrogens is 1. The number of nitrogens with one attached hydrogen (secondary N) is 1. The van der Waals surface area contributed by atoms with Crippen LogP contribution in [-0.2, 0) is 24.2 Å². The van der Waals surface area contributed by atoms with E-state index >= 15 is 0 Å². The Bertz CT molecular complexity index is 1370. The van der Waals surface area contributed by atoms with Crippen molar-refractivity contribution >= 4 is 16.8 Å². The van der Waals surface area contributed by atoms with Crippen molar-refractivity contribution in [3.8, 4) is 11.5 Å². The number of carbonyl (C=O) groups is 1. The minimum atomic E-state index is -0.137. The van der Waals surface area contributed by atoms with Gasteiger partial charge in [0.2, 0.25) is 12.7 Å². The SMILES string of the molecule is CCc1cccc2c([C@H](CC(=O)N3CCc4ccccc4C3)c3cccc4c3OCO4)c[nH]c12. The van der Waals surface area contributed by atoms with E-state index in [1.165, 1.54) is 16.7 Å². The maximum Gasteiger partial charge on any atom is 0.231 e. The number of para-hydroxylation sites is 2. The molecule has 1 N–H and O–H groups in total. The topological polar surface area (TPSA) is 54.6 Å². The van der Waals surface area contributed by atoms with Gasteiger partial charge in [-0.25, -0.2) is 0 Å². The predicted octanol–water partition coefficient (Wildman–Crippen LogP) is 5.57. The molecule has 1 atom stereocenters. The number of rotatable bonds is 5. The number of aryl methyl sites for hydroxylation is 1. The van der Waals surface area contributed by atoms with Crippen LogP contribution in [0.5, 0.6) is 11.5 Å². The smallest absolute Gasteiger partial charge is 0.231 e. The largest absolute Gasteiger partial charge is 0.454 e. The van der Waals surface area contributed by atoms with Crippen molar-refractivity contribution < 1.29 is 14.3 Å². The van der Waals surface area contributed by atoms with Crippen molar-refractivity contribution in [3.63, 3.8) is 0 Å². The molecule has 5 nitrogen and oxygen atoms in total. The Labute approximate surface area is 199 Å². The van der Waals surface area contributed by atoms with Gasteiger partial charge in [0.25, 0.3) is 0 Å². The average Bonchev–Trinajstić information content (AvgIpc) is 3.54. The lowest BCUT2D eigenvalue weighted by atomic mass is 9.86. The van der Waals surface area contributed by atoms with Crippen molar-refractivity contribution in [1.29, 1.82) is 0 Å². The molecule has 0 fully saturated rings. The summed E-state index contributed by atoms with van der Waals surface area (Å²) in [5.41, 5.74) is 7.14. The molecule has 3 aromatic carbocycles. The van der Waals surface area contributed by atoms with Crippen LogP contribution in [0, 0.1) is 0 Å². The van der Waals surface area contributed by atoms with E-state index in [1.54, 1.807) is 0 Å². The van der Waals surface area contributed by atoms with Gasteiger partial charge in [-0.15, -0.1) is 0 Å². The Hall–Kier alpha value is -3.73. The fraction of sp³-hybridized carbons (Fsp3) is 0.276. The van der Waals surface area contributed by atoms with Crippen LogP contribution in [-0.4, -0.2) is 29.1 Å². The third kappa shape index (κ3) is 3.52. The third-order valence-electron chi connectivity index (χ3n) is 7.25. The standard InChI is InChI=1S/C29H28N2O3/c1-2-19-9-5-10-22-25(16-30-28(19)22)24(23-11-6-12-26-29(23)34-18-33-26)15-27(32)31-14-13-20-7-3-4-8-21(20)17-31/h3-12,16,24,30H,2,13-15,17-18H2,1H3/t24-/m1/s1. The first-order valence-corrected chi connectivity index (χ1v) is 12.0. The molecular formula is C29H28N2O3. The van der Waals surface area contributed by atoms with Crippen LogP contribution in [0.3, 0.4) is 0 Å². The molecule has 0 radical (unpaired) electrons. The quantitative estimate of drug-likeness (QED) is 0.431. The van der Waals surface area contributed by atoms with Crippen LogP contribution in [0.4, 0.5) is 0 Å². The second-order valence-corrected chi connectivity index (χ2v) is 9.11. The minimum Gasteiger partial charge on any atom is -0.454 e. The summed E-state index contributed by atoms with van der Waals surface area (Å²) < 4.78 is 11.5. The average molecular weight is 453 g/mol. The number of hydrogen-bond donors (Lipinski definition) is 1. The number of benzene rings is 3. The Morgan fingerprint density at radius 1 is 1.00 bits per heavy atom. The molecule has 0 saturated carbocycles. The van der Waals surface area contributed by atoms with E-state index in [0.717, 1.165) is 52.9 Å². The zero-order valence-electron chi connectivity index (χ0n) is 19.3. The number of H-pyrrole nitrogens is 1. The molecule has 0 unspecified atom stereocenters. The second kappa shape index (κ2) is 8.56. The monoisotopic (exact) mass is 452 g/mol. The normalized spacial score (nSPS) is 15.4. The third-order valence-corrected chi connectivity index (χ3v) is 7.25. The number of aromatic amines is 1. The van der Waals surface area contributed by atoms with Crippen molar-refractivity contribution in [1.82, 2.24) is 9.88 Å². The predicted molar refractivity (Wildman–Crippen MR) is 132 cm³/mol. The summed E-state index contributed by atoms with van der Waals surface area (Å²) in [4.78, 5) is 19.2. The highest BCUT2D eigenvalue weighted by Crippen LogP contribution is 2.44. The van der Waals surface area contributed by atoms with Gasteiger partial charge in [-0.1, -0.05) is 61.5 Å². The number of hydrogen-bond acceptors (Lipinski definition) is 3. The minimum absolute atomic E-state index is 0.137. The van der Waals surface area contributed by atoms with Crippen LogP contribution < -0.4 is 9.47 Å². The van der Waals surface area contributed by atoms with Crippen molar-refractivity contribution in [2.45, 2.75) is 38.6 Å². The zero-order valence-corrected chi connectivity index (χ0v) is 19.3. The molecule has 0 saturated heterocycles. The Kier molecular flexibility index (Phi) is 5.25. The lowest BCUT2D eigenvalue weighted by molar-refractivity contribution is -0.132. The van der Waals surface area contributed by atoms with Crippen LogP contribution in [0.2, 0.25) is 0 Å². The van der Waals surface area contributed by atoms with E-state index in [2.05, 4.69) is 66.6 Å². The van der Waals surface area contributed by atoms with Gasteiger partial charge in [-0.3, -0.25) is 4.79 Å². The summed E-state index contributed by atoms with van der Waals surface area (Å²) in [6.45, 7) is 3.80. The lowest BCUT2D eigenvalue weighted by Gasteiger charge is -2.30. The van der Waals surface area contributed by atoms with Crippen LogP contribution >= 0.6 is 0 Å². The Morgan fingerprint density at radius 3 is 2.74 bits per heavy atom. The summed E-state index contributed by atoms with van der Waals surface area (Å²) in [6.07, 6.45) is 4.30. The van der Waals surface area contributed by atoms with Crippen molar-refractivity contribution in [2.24, 2.45) is 0 Å². The molecule has 0 spiro atoms. The van der Waals surface area contributed by atoms with Gasteiger partial charge in [0.15, 0.2) is 11.5 Å². The molecule has 1 amide bonds. The highest BCUT2D eigenvalue weighted by molar-refractivity contribution is 5.88. The summed E-state index contributed by atoms with van der Waals surface area (Å²) in [5.74, 6) is 1.53. The van der Waals surface area contributed by atoms with E-state index in [9.17, 15) is 4.79 Å². The molecule has 0 aliphatic carbocycles. The maximum atomic E-state index is 13.7. The van der Waals surface area contributed by atoms with Gasteiger partial charge in [-0.2, -0.15) is 0 Å². The number of amides is 1. The molecule has 0 bridgehead atoms. The van der Waals surface area contributed by atoms with E-state index in [-0.39, 0.29) is 18.6 Å². The van der Waals surface area contributed by atoms with Crippen LogP contribution in [0.25, 0.3) is 10.9 Å². The highest BCUT2D eigenvalue weighted by Gasteiger charge is 2.30. The summed E-state index contributed by atoms with van der Waals surface area (Å²) in [5, 5.41) is 1.16. The first kappa shape index (κ1) is 20.8.